The van der Waals surface area contributed by atoms with Gasteiger partial charge in [0.25, 0.3) is 0 Å². The minimum Gasteiger partial charge on any atom is -0.359 e. The molecule has 0 saturated heterocycles. The average molecular weight is 191 g/mol. The first kappa shape index (κ1) is 8.94. The normalized spacial score (nSPS) is 10.7. The fraction of sp³-hybridized carbons (Fsp3) is 0.182. The summed E-state index contributed by atoms with van der Waals surface area (Å²) in [4.78, 5) is 13.8. The van der Waals surface area contributed by atoms with Gasteiger partial charge >= 0.3 is 0 Å². The lowest BCUT2D eigenvalue weighted by Crippen LogP contribution is -1.94. The van der Waals surface area contributed by atoms with Crippen LogP contribution in [0.4, 0.5) is 4.39 Å². The molecule has 2 rings (SSSR count). The van der Waals surface area contributed by atoms with E-state index in [1.54, 1.807) is 12.3 Å². The lowest BCUT2D eigenvalue weighted by Gasteiger charge is -1.95. The number of rotatable bonds is 2. The number of hydrogen-bond donors (Lipinski definition) is 1. The second kappa shape index (κ2) is 3.25. The van der Waals surface area contributed by atoms with E-state index in [4.69, 9.17) is 0 Å². The van der Waals surface area contributed by atoms with Gasteiger partial charge in [0.1, 0.15) is 11.6 Å². The van der Waals surface area contributed by atoms with E-state index in [0.29, 0.717) is 11.9 Å². The van der Waals surface area contributed by atoms with E-state index in [-0.39, 0.29) is 11.6 Å². The number of halogens is 1. The highest BCUT2D eigenvalue weighted by Crippen LogP contribution is 2.20. The van der Waals surface area contributed by atoms with Gasteiger partial charge in [0, 0.05) is 18.0 Å². The number of nitrogens with one attached hydrogen (secondary N) is 1. The van der Waals surface area contributed by atoms with Gasteiger partial charge in [0.05, 0.1) is 5.52 Å². The van der Waals surface area contributed by atoms with Gasteiger partial charge in [-0.2, -0.15) is 0 Å². The smallest absolute Gasteiger partial charge is 0.147 e. The second-order valence-electron chi connectivity index (χ2n) is 3.36. The molecular weight excluding hydrogens is 181 g/mol. The Morgan fingerprint density at radius 3 is 3.00 bits per heavy atom. The van der Waals surface area contributed by atoms with E-state index in [1.807, 2.05) is 6.07 Å². The van der Waals surface area contributed by atoms with Gasteiger partial charge in [-0.3, -0.25) is 4.79 Å². The van der Waals surface area contributed by atoms with Crippen LogP contribution in [0.25, 0.3) is 10.9 Å². The van der Waals surface area contributed by atoms with Crippen LogP contribution >= 0.6 is 0 Å². The molecule has 72 valence electrons. The van der Waals surface area contributed by atoms with Crippen LogP contribution in [0.5, 0.6) is 0 Å². The van der Waals surface area contributed by atoms with E-state index < -0.39 is 0 Å². The predicted molar refractivity (Wildman–Crippen MR) is 52.6 cm³/mol. The third-order valence-corrected chi connectivity index (χ3v) is 2.19. The maximum absolute atomic E-state index is 13.2. The summed E-state index contributed by atoms with van der Waals surface area (Å²) in [5.74, 6) is -0.201. The van der Waals surface area contributed by atoms with Crippen molar-refractivity contribution in [2.75, 3.05) is 0 Å². The average Bonchev–Trinajstić information content (AvgIpc) is 2.49. The van der Waals surface area contributed by atoms with Crippen molar-refractivity contribution in [1.82, 2.24) is 4.98 Å². The molecule has 0 spiro atoms. The molecule has 0 aliphatic carbocycles. The van der Waals surface area contributed by atoms with Crippen LogP contribution in [-0.4, -0.2) is 10.8 Å². The standard InChI is InChI=1S/C11H10FNO/c1-7(14)5-8-6-13-11-9(8)3-2-4-10(11)12/h2-4,6,13H,5H2,1H3. The van der Waals surface area contributed by atoms with Crippen LogP contribution in [0, 0.1) is 5.82 Å². The number of carbonyl (C=O) groups excluding carboxylic acids is 1. The molecule has 0 saturated carbocycles. The Bertz CT molecular complexity index is 487. The van der Waals surface area contributed by atoms with E-state index in [2.05, 4.69) is 4.98 Å². The first-order valence-electron chi connectivity index (χ1n) is 4.42. The van der Waals surface area contributed by atoms with E-state index in [0.717, 1.165) is 10.9 Å². The number of carbonyl (C=O) groups is 1. The molecule has 2 aromatic rings. The number of aromatic nitrogens is 1. The molecule has 0 fully saturated rings. The van der Waals surface area contributed by atoms with Gasteiger partial charge in [-0.25, -0.2) is 4.39 Å². The Kier molecular flexibility index (Phi) is 2.08. The number of para-hydroxylation sites is 1. The molecule has 0 radical (unpaired) electrons. The summed E-state index contributed by atoms with van der Waals surface area (Å²) in [7, 11) is 0. The lowest BCUT2D eigenvalue weighted by molar-refractivity contribution is -0.116. The zero-order chi connectivity index (χ0) is 10.1. The maximum Gasteiger partial charge on any atom is 0.147 e. The Hall–Kier alpha value is -1.64. The van der Waals surface area contributed by atoms with Gasteiger partial charge in [-0.1, -0.05) is 12.1 Å². The number of H-pyrrole nitrogens is 1. The molecule has 0 unspecified atom stereocenters. The van der Waals surface area contributed by atoms with Crippen molar-refractivity contribution in [2.24, 2.45) is 0 Å². The number of fused-ring (bicyclic) bond motifs is 1. The number of ketones is 1. The molecule has 0 aliphatic heterocycles. The molecule has 0 atom stereocenters. The zero-order valence-electron chi connectivity index (χ0n) is 7.80. The van der Waals surface area contributed by atoms with E-state index in [9.17, 15) is 9.18 Å². The molecule has 2 nitrogen and oxygen atoms in total. The highest BCUT2D eigenvalue weighted by atomic mass is 19.1. The molecule has 14 heavy (non-hydrogen) atoms. The van der Waals surface area contributed by atoms with Crippen LogP contribution in [0.15, 0.2) is 24.4 Å². The summed E-state index contributed by atoms with van der Waals surface area (Å²) in [6.07, 6.45) is 2.04. The van der Waals surface area contributed by atoms with Crippen LogP contribution in [0.3, 0.4) is 0 Å². The van der Waals surface area contributed by atoms with Gasteiger partial charge < -0.3 is 4.98 Å². The zero-order valence-corrected chi connectivity index (χ0v) is 7.80. The highest BCUT2D eigenvalue weighted by Gasteiger charge is 2.07. The summed E-state index contributed by atoms with van der Waals surface area (Å²) in [5, 5.41) is 0.792. The molecule has 1 N–H and O–H groups in total. The van der Waals surface area contributed by atoms with E-state index >= 15 is 0 Å². The Morgan fingerprint density at radius 2 is 2.29 bits per heavy atom. The van der Waals surface area contributed by atoms with Crippen LogP contribution in [0.1, 0.15) is 12.5 Å². The Labute approximate surface area is 80.7 Å². The first-order valence-corrected chi connectivity index (χ1v) is 4.42. The maximum atomic E-state index is 13.2. The van der Waals surface area contributed by atoms with E-state index in [1.165, 1.54) is 13.0 Å². The number of hydrogen-bond acceptors (Lipinski definition) is 1. The van der Waals surface area contributed by atoms with Gasteiger partial charge in [-0.15, -0.1) is 0 Å². The van der Waals surface area contributed by atoms with Crippen molar-refractivity contribution >= 4 is 16.7 Å². The second-order valence-corrected chi connectivity index (χ2v) is 3.36. The highest BCUT2D eigenvalue weighted by molar-refractivity contribution is 5.89. The minimum absolute atomic E-state index is 0.0789. The summed E-state index contributed by atoms with van der Waals surface area (Å²) in [6, 6.07) is 4.86. The minimum atomic E-state index is -0.280. The van der Waals surface area contributed by atoms with Crippen molar-refractivity contribution < 1.29 is 9.18 Å². The Balaban J connectivity index is 2.58. The van der Waals surface area contributed by atoms with Crippen molar-refractivity contribution in [2.45, 2.75) is 13.3 Å². The quantitative estimate of drug-likeness (QED) is 0.777. The third-order valence-electron chi connectivity index (χ3n) is 2.19. The third kappa shape index (κ3) is 1.41. The monoisotopic (exact) mass is 191 g/mol. The van der Waals surface area contributed by atoms with Crippen molar-refractivity contribution in [3.8, 4) is 0 Å². The molecule has 0 amide bonds. The fourth-order valence-corrected chi connectivity index (χ4v) is 1.59. The molecule has 1 heterocycles. The molecule has 1 aromatic carbocycles. The molecular formula is C11H10FNO. The van der Waals surface area contributed by atoms with Crippen LogP contribution in [-0.2, 0) is 11.2 Å². The number of aromatic amines is 1. The first-order chi connectivity index (χ1) is 6.68. The number of benzene rings is 1. The summed E-state index contributed by atoms with van der Waals surface area (Å²) in [5.41, 5.74) is 1.33. The van der Waals surface area contributed by atoms with Crippen LogP contribution in [0.2, 0.25) is 0 Å². The van der Waals surface area contributed by atoms with Gasteiger partial charge in [-0.05, 0) is 18.6 Å². The van der Waals surface area contributed by atoms with Crippen molar-refractivity contribution in [3.63, 3.8) is 0 Å². The molecule has 0 aliphatic rings. The SMILES string of the molecule is CC(=O)Cc1c[nH]c2c(F)cccc12. The number of Topliss-reactive ketones (excluding diaryl/α,β-unsaturated/α-hetero) is 1. The summed E-state index contributed by atoms with van der Waals surface area (Å²) in [6.45, 7) is 1.53. The predicted octanol–water partition coefficient (Wildman–Crippen LogP) is 2.44. The fourth-order valence-electron chi connectivity index (χ4n) is 1.59. The molecule has 0 bridgehead atoms. The summed E-state index contributed by atoms with van der Waals surface area (Å²) >= 11 is 0. The molecule has 1 aromatic heterocycles. The van der Waals surface area contributed by atoms with Crippen molar-refractivity contribution in [1.29, 1.82) is 0 Å². The summed E-state index contributed by atoms with van der Waals surface area (Å²) < 4.78 is 13.2. The lowest BCUT2D eigenvalue weighted by atomic mass is 10.1. The van der Waals surface area contributed by atoms with Crippen LogP contribution < -0.4 is 0 Å². The van der Waals surface area contributed by atoms with Gasteiger partial charge in [0.15, 0.2) is 0 Å². The molecule has 3 heteroatoms. The van der Waals surface area contributed by atoms with Crippen molar-refractivity contribution in [3.05, 3.63) is 35.8 Å². The topological polar surface area (TPSA) is 32.9 Å². The largest absolute Gasteiger partial charge is 0.359 e. The Morgan fingerprint density at radius 1 is 1.50 bits per heavy atom. The van der Waals surface area contributed by atoms with Gasteiger partial charge in [0.2, 0.25) is 0 Å².